The second-order valence-corrected chi connectivity index (χ2v) is 10.9. The molecule has 1 aromatic rings. The van der Waals surface area contributed by atoms with Crippen molar-refractivity contribution >= 4 is 71.0 Å². The van der Waals surface area contributed by atoms with Gasteiger partial charge in [0, 0.05) is 0 Å². The number of carbonyl (C=O) groups is 2. The standard InChI is InChI=1S/C18H29O.C4H6O7S.K/c1-3-5-6-7-8-9-11-14-17(4-2)19-18-15-12-10-13-16-18;5-3(6)1-2(4(7)8)12(9,10)11;/h10,12-13,15-17H,2-9,11,14H2,1H3;2H,1H2,(H,5,6)(H,7,8)(H,9,10,11);. The molecule has 1 aromatic carbocycles. The van der Waals surface area contributed by atoms with Crippen LogP contribution in [0.5, 0.6) is 5.75 Å². The molecule has 0 aliphatic heterocycles. The summed E-state index contributed by atoms with van der Waals surface area (Å²) in [5.41, 5.74) is 0. The molecule has 0 spiro atoms. The average molecular weight is 499 g/mol. The van der Waals surface area contributed by atoms with Crippen molar-refractivity contribution in [1.82, 2.24) is 0 Å². The first-order chi connectivity index (χ1) is 15.1. The molecule has 0 fully saturated rings. The van der Waals surface area contributed by atoms with Gasteiger partial charge in [0.1, 0.15) is 0 Å². The molecular weight excluding hydrogens is 463 g/mol. The number of unbranched alkanes of at least 4 members (excludes halogenated alkanes) is 6. The fourth-order valence-corrected chi connectivity index (χ4v) is 4.70. The van der Waals surface area contributed by atoms with Gasteiger partial charge < -0.3 is 10.2 Å². The largest absolute Gasteiger partial charge is 0.481 e. The summed E-state index contributed by atoms with van der Waals surface area (Å²) in [4.78, 5) is 20.0. The molecule has 3 N–H and O–H groups in total. The van der Waals surface area contributed by atoms with Crippen LogP contribution in [0, 0.1) is 0 Å². The molecule has 178 valence electrons. The fraction of sp³-hybridized carbons (Fsp3) is 0.636. The first-order valence-corrected chi connectivity index (χ1v) is 15.0. The van der Waals surface area contributed by atoms with E-state index in [1.807, 2.05) is 6.07 Å². The van der Waals surface area contributed by atoms with Crippen LogP contribution in [-0.4, -0.2) is 95.4 Å². The molecule has 0 saturated carbocycles. The summed E-state index contributed by atoms with van der Waals surface area (Å²) in [7, 11) is -4.84. The summed E-state index contributed by atoms with van der Waals surface area (Å²) < 4.78 is 36.2. The van der Waals surface area contributed by atoms with Crippen molar-refractivity contribution in [1.29, 1.82) is 0 Å². The predicted molar refractivity (Wildman–Crippen MR) is 124 cm³/mol. The molecule has 1 rings (SSSR count). The van der Waals surface area contributed by atoms with Crippen LogP contribution in [0.1, 0.15) is 71.1 Å². The van der Waals surface area contributed by atoms with Crippen molar-refractivity contribution in [3.63, 3.8) is 0 Å². The maximum absolute atomic E-state index is 10.2. The molecule has 0 saturated heterocycles. The minimum atomic E-state index is -4.84. The molecule has 0 aromatic heterocycles. The number of aliphatic carboxylic acids is 2. The second kappa shape index (κ2) is 18.9. The molecule has 0 heterocycles. The van der Waals surface area contributed by atoms with Crippen LogP contribution in [0.15, 0.2) is 30.3 Å². The van der Waals surface area contributed by atoms with Crippen LogP contribution in [-0.2, 0) is 19.7 Å². The number of carboxylic acid groups (broad SMARTS) is 2. The summed E-state index contributed by atoms with van der Waals surface area (Å²) >= 11 is 0.950. The Morgan fingerprint density at radius 3 is 1.97 bits per heavy atom. The zero-order valence-electron chi connectivity index (χ0n) is 19.1. The van der Waals surface area contributed by atoms with Crippen LogP contribution < -0.4 is 4.74 Å². The third-order valence-electron chi connectivity index (χ3n) is 4.78. The average Bonchev–Trinajstić information content (AvgIpc) is 2.71. The summed E-state index contributed by atoms with van der Waals surface area (Å²) in [6, 6.07) is 10.3. The molecule has 2 unspecified atom stereocenters. The van der Waals surface area contributed by atoms with E-state index in [4.69, 9.17) is 19.5 Å². The SMILES string of the molecule is CCCCCCCCCC(C[CH2][K])Oc1ccccc1.O=C(O)CC(C(=O)O)S(=O)(=O)O. The number of rotatable bonds is 16. The molecule has 8 nitrogen and oxygen atoms in total. The van der Waals surface area contributed by atoms with E-state index in [9.17, 15) is 18.0 Å². The van der Waals surface area contributed by atoms with Gasteiger partial charge in [-0.15, -0.1) is 0 Å². The van der Waals surface area contributed by atoms with E-state index in [-0.39, 0.29) is 0 Å². The maximum Gasteiger partial charge on any atom is 0.325 e. The Morgan fingerprint density at radius 2 is 1.53 bits per heavy atom. The van der Waals surface area contributed by atoms with E-state index < -0.39 is 33.7 Å². The predicted octanol–water partition coefficient (Wildman–Crippen LogP) is 4.35. The number of benzene rings is 1. The minimum absolute atomic E-state index is 0.448. The maximum atomic E-state index is 10.2. The number of para-hydroxylation sites is 1. The fourth-order valence-electron chi connectivity index (χ4n) is 3.08. The van der Waals surface area contributed by atoms with Crippen LogP contribution in [0.2, 0.25) is 0.515 Å². The quantitative estimate of drug-likeness (QED) is 0.174. The van der Waals surface area contributed by atoms with E-state index in [0.717, 1.165) is 54.7 Å². The number of carboxylic acids is 2. The van der Waals surface area contributed by atoms with Crippen molar-refractivity contribution in [2.45, 2.75) is 83.0 Å². The van der Waals surface area contributed by atoms with Gasteiger partial charge >= 0.3 is 173 Å². The Bertz CT molecular complexity index is 740. The smallest absolute Gasteiger partial charge is 0.325 e. The van der Waals surface area contributed by atoms with Gasteiger partial charge in [0.15, 0.2) is 5.25 Å². The van der Waals surface area contributed by atoms with Crippen molar-refractivity contribution in [3.05, 3.63) is 30.3 Å². The molecule has 32 heavy (non-hydrogen) atoms. The van der Waals surface area contributed by atoms with E-state index in [1.54, 1.807) is 0 Å². The number of hydrogen-bond donors (Lipinski definition) is 3. The minimum Gasteiger partial charge on any atom is -0.481 e. The Hall–Kier alpha value is -0.494. The van der Waals surface area contributed by atoms with Crippen molar-refractivity contribution in [2.75, 3.05) is 0 Å². The van der Waals surface area contributed by atoms with E-state index in [2.05, 4.69) is 31.2 Å². The molecular formula is C22H35KO8S. The van der Waals surface area contributed by atoms with Gasteiger partial charge in [-0.3, -0.25) is 14.1 Å². The molecule has 0 aliphatic carbocycles. The molecule has 2 atom stereocenters. The Labute approximate surface area is 225 Å². The van der Waals surface area contributed by atoms with Crippen LogP contribution in [0.3, 0.4) is 0 Å². The molecule has 0 radical (unpaired) electrons. The molecule has 0 amide bonds. The molecule has 0 aliphatic rings. The van der Waals surface area contributed by atoms with E-state index in [0.29, 0.717) is 6.10 Å². The third kappa shape index (κ3) is 17.0. The summed E-state index contributed by atoms with van der Waals surface area (Å²) in [6.45, 7) is 2.28. The van der Waals surface area contributed by atoms with E-state index >= 15 is 0 Å². The number of hydrogen-bond acceptors (Lipinski definition) is 5. The van der Waals surface area contributed by atoms with Gasteiger partial charge in [0.2, 0.25) is 0 Å². The van der Waals surface area contributed by atoms with Gasteiger partial charge in [-0.1, -0.05) is 0 Å². The Balaban J connectivity index is 0.000000687. The second-order valence-electron chi connectivity index (χ2n) is 7.69. The van der Waals surface area contributed by atoms with Gasteiger partial charge in [0.25, 0.3) is 10.1 Å². The molecule has 0 bridgehead atoms. The normalized spacial score (nSPS) is 12.9. The summed E-state index contributed by atoms with van der Waals surface area (Å²) in [6.07, 6.45) is 11.5. The van der Waals surface area contributed by atoms with Crippen molar-refractivity contribution in [2.24, 2.45) is 0 Å². The first kappa shape index (κ1) is 31.5. The monoisotopic (exact) mass is 498 g/mol. The van der Waals surface area contributed by atoms with E-state index in [1.165, 1.54) is 58.3 Å². The summed E-state index contributed by atoms with van der Waals surface area (Å²) in [5.74, 6) is -2.46. The zero-order chi connectivity index (χ0) is 24.4. The van der Waals surface area contributed by atoms with Crippen molar-refractivity contribution in [3.8, 4) is 5.75 Å². The van der Waals surface area contributed by atoms with Crippen LogP contribution >= 0.6 is 0 Å². The zero-order valence-corrected chi connectivity index (χ0v) is 23.1. The topological polar surface area (TPSA) is 138 Å². The van der Waals surface area contributed by atoms with Crippen LogP contribution in [0.4, 0.5) is 0 Å². The number of ether oxygens (including phenoxy) is 1. The van der Waals surface area contributed by atoms with Gasteiger partial charge in [-0.25, -0.2) is 0 Å². The first-order valence-electron chi connectivity index (χ1n) is 11.2. The molecule has 10 heteroatoms. The van der Waals surface area contributed by atoms with Gasteiger partial charge in [0.05, 0.1) is 6.42 Å². The van der Waals surface area contributed by atoms with Crippen molar-refractivity contribution < 1.29 is 37.5 Å². The Morgan fingerprint density at radius 1 is 0.969 bits per heavy atom. The third-order valence-corrected chi connectivity index (χ3v) is 6.77. The summed E-state index contributed by atoms with van der Waals surface area (Å²) in [5, 5.41) is 13.9. The van der Waals surface area contributed by atoms with Crippen LogP contribution in [0.25, 0.3) is 0 Å². The van der Waals surface area contributed by atoms with Gasteiger partial charge in [-0.2, -0.15) is 8.42 Å². The van der Waals surface area contributed by atoms with Gasteiger partial charge in [-0.05, 0) is 0 Å². The Kier molecular flexibility index (Phi) is 18.6.